The van der Waals surface area contributed by atoms with Gasteiger partial charge in [0.1, 0.15) is 5.54 Å². The lowest BCUT2D eigenvalue weighted by Crippen LogP contribution is -2.51. The van der Waals surface area contributed by atoms with Crippen LogP contribution in [0.3, 0.4) is 0 Å². The first-order chi connectivity index (χ1) is 9.47. The number of carbonyl (C=O) groups excluding carboxylic acids is 1. The lowest BCUT2D eigenvalue weighted by atomic mass is 9.88. The van der Waals surface area contributed by atoms with Gasteiger partial charge in [-0.25, -0.2) is 4.79 Å². The van der Waals surface area contributed by atoms with E-state index in [1.54, 1.807) is 0 Å². The fourth-order valence-corrected chi connectivity index (χ4v) is 3.00. The third-order valence-corrected chi connectivity index (χ3v) is 4.53. The molecule has 0 aromatic heterocycles. The predicted molar refractivity (Wildman–Crippen MR) is 80.7 cm³/mol. The molecule has 1 aliphatic carbocycles. The Morgan fingerprint density at radius 3 is 2.45 bits per heavy atom. The SMILES string of the molecule is COC(=O)C(C)(NC1CCCC1)c1ccc(C)c(C)c1. The second-order valence-electron chi connectivity index (χ2n) is 6.04. The summed E-state index contributed by atoms with van der Waals surface area (Å²) in [6, 6.07) is 6.60. The molecule has 1 atom stereocenters. The molecule has 1 aromatic carbocycles. The summed E-state index contributed by atoms with van der Waals surface area (Å²) in [6.07, 6.45) is 4.75. The van der Waals surface area contributed by atoms with Crippen LogP contribution < -0.4 is 5.32 Å². The van der Waals surface area contributed by atoms with E-state index < -0.39 is 5.54 Å². The first kappa shape index (κ1) is 15.0. The van der Waals surface area contributed by atoms with E-state index in [-0.39, 0.29) is 5.97 Å². The number of nitrogens with one attached hydrogen (secondary N) is 1. The van der Waals surface area contributed by atoms with Crippen molar-refractivity contribution >= 4 is 5.97 Å². The van der Waals surface area contributed by atoms with Crippen molar-refractivity contribution in [2.45, 2.75) is 58.0 Å². The molecule has 2 rings (SSSR count). The quantitative estimate of drug-likeness (QED) is 0.857. The van der Waals surface area contributed by atoms with Gasteiger partial charge in [0.25, 0.3) is 0 Å². The lowest BCUT2D eigenvalue weighted by molar-refractivity contribution is -0.148. The minimum absolute atomic E-state index is 0.215. The summed E-state index contributed by atoms with van der Waals surface area (Å²) in [5.41, 5.74) is 2.66. The number of hydrogen-bond acceptors (Lipinski definition) is 3. The summed E-state index contributed by atoms with van der Waals surface area (Å²) in [4.78, 5) is 12.3. The highest BCUT2D eigenvalue weighted by Gasteiger charge is 2.38. The van der Waals surface area contributed by atoms with Gasteiger partial charge in [-0.15, -0.1) is 0 Å². The van der Waals surface area contributed by atoms with Crippen molar-refractivity contribution in [2.75, 3.05) is 7.11 Å². The summed E-state index contributed by atoms with van der Waals surface area (Å²) < 4.78 is 5.05. The summed E-state index contributed by atoms with van der Waals surface area (Å²) in [6.45, 7) is 6.09. The summed E-state index contributed by atoms with van der Waals surface area (Å²) in [7, 11) is 1.46. The Kier molecular flexibility index (Phi) is 4.48. The molecule has 0 bridgehead atoms. The third kappa shape index (κ3) is 2.88. The minimum atomic E-state index is -0.762. The average Bonchev–Trinajstić information content (AvgIpc) is 2.93. The average molecular weight is 275 g/mol. The number of hydrogen-bond donors (Lipinski definition) is 1. The summed E-state index contributed by atoms with van der Waals surface area (Å²) in [5.74, 6) is -0.215. The highest BCUT2D eigenvalue weighted by molar-refractivity contribution is 5.82. The number of rotatable bonds is 4. The van der Waals surface area contributed by atoms with Crippen molar-refractivity contribution in [1.29, 1.82) is 0 Å². The molecule has 0 amide bonds. The van der Waals surface area contributed by atoms with Crippen molar-refractivity contribution in [1.82, 2.24) is 5.32 Å². The summed E-state index contributed by atoms with van der Waals surface area (Å²) in [5, 5.41) is 3.53. The van der Waals surface area contributed by atoms with E-state index in [4.69, 9.17) is 4.74 Å². The second kappa shape index (κ2) is 5.96. The van der Waals surface area contributed by atoms with E-state index in [0.29, 0.717) is 6.04 Å². The highest BCUT2D eigenvalue weighted by atomic mass is 16.5. The van der Waals surface area contributed by atoms with Crippen LogP contribution in [0.5, 0.6) is 0 Å². The molecule has 1 fully saturated rings. The van der Waals surface area contributed by atoms with Crippen LogP contribution in [0.2, 0.25) is 0 Å². The van der Waals surface area contributed by atoms with Gasteiger partial charge < -0.3 is 4.74 Å². The van der Waals surface area contributed by atoms with Crippen molar-refractivity contribution in [3.63, 3.8) is 0 Å². The normalized spacial score (nSPS) is 18.8. The van der Waals surface area contributed by atoms with Gasteiger partial charge in [-0.3, -0.25) is 5.32 Å². The maximum Gasteiger partial charge on any atom is 0.330 e. The highest BCUT2D eigenvalue weighted by Crippen LogP contribution is 2.28. The molecule has 110 valence electrons. The monoisotopic (exact) mass is 275 g/mol. The Bertz CT molecular complexity index is 492. The Hall–Kier alpha value is -1.35. The maximum absolute atomic E-state index is 12.3. The third-order valence-electron chi connectivity index (χ3n) is 4.53. The van der Waals surface area contributed by atoms with E-state index in [1.807, 2.05) is 13.0 Å². The van der Waals surface area contributed by atoms with Gasteiger partial charge in [0, 0.05) is 6.04 Å². The van der Waals surface area contributed by atoms with E-state index in [9.17, 15) is 4.79 Å². The molecule has 1 unspecified atom stereocenters. The van der Waals surface area contributed by atoms with Crippen LogP contribution >= 0.6 is 0 Å². The molecule has 1 saturated carbocycles. The molecule has 1 aliphatic rings. The number of aryl methyl sites for hydroxylation is 2. The standard InChI is InChI=1S/C17H25NO2/c1-12-9-10-14(11-13(12)2)17(3,16(19)20-4)18-15-7-5-6-8-15/h9-11,15,18H,5-8H2,1-4H3. The van der Waals surface area contributed by atoms with Gasteiger partial charge in [-0.05, 0) is 50.3 Å². The van der Waals surface area contributed by atoms with Crippen LogP contribution in [0.15, 0.2) is 18.2 Å². The fraction of sp³-hybridized carbons (Fsp3) is 0.588. The number of ether oxygens (including phenoxy) is 1. The van der Waals surface area contributed by atoms with Gasteiger partial charge in [-0.2, -0.15) is 0 Å². The minimum Gasteiger partial charge on any atom is -0.467 e. The number of benzene rings is 1. The summed E-state index contributed by atoms with van der Waals surface area (Å²) >= 11 is 0. The van der Waals surface area contributed by atoms with Crippen LogP contribution in [0.25, 0.3) is 0 Å². The van der Waals surface area contributed by atoms with E-state index in [2.05, 4.69) is 31.3 Å². The van der Waals surface area contributed by atoms with Crippen molar-refractivity contribution < 1.29 is 9.53 Å². The molecule has 3 heteroatoms. The smallest absolute Gasteiger partial charge is 0.330 e. The molecular formula is C17H25NO2. The molecule has 3 nitrogen and oxygen atoms in total. The van der Waals surface area contributed by atoms with Crippen LogP contribution in [0, 0.1) is 13.8 Å². The van der Waals surface area contributed by atoms with Crippen LogP contribution in [0.4, 0.5) is 0 Å². The number of carbonyl (C=O) groups is 1. The Morgan fingerprint density at radius 2 is 1.90 bits per heavy atom. The van der Waals surface area contributed by atoms with Gasteiger partial charge in [0.15, 0.2) is 0 Å². The second-order valence-corrected chi connectivity index (χ2v) is 6.04. The Labute approximate surface area is 121 Å². The molecular weight excluding hydrogens is 250 g/mol. The van der Waals surface area contributed by atoms with Gasteiger partial charge in [0.05, 0.1) is 7.11 Å². The number of esters is 1. The first-order valence-corrected chi connectivity index (χ1v) is 7.41. The van der Waals surface area contributed by atoms with Gasteiger partial charge in [0.2, 0.25) is 0 Å². The molecule has 1 aromatic rings. The molecule has 0 radical (unpaired) electrons. The molecule has 0 saturated heterocycles. The first-order valence-electron chi connectivity index (χ1n) is 7.41. The predicted octanol–water partition coefficient (Wildman–Crippen LogP) is 3.22. The van der Waals surface area contributed by atoms with Crippen LogP contribution in [0.1, 0.15) is 49.3 Å². The maximum atomic E-state index is 12.3. The van der Waals surface area contributed by atoms with Crippen LogP contribution in [-0.4, -0.2) is 19.1 Å². The molecule has 0 aliphatic heterocycles. The number of methoxy groups -OCH3 is 1. The van der Waals surface area contributed by atoms with Gasteiger partial charge >= 0.3 is 5.97 Å². The van der Waals surface area contributed by atoms with Crippen LogP contribution in [-0.2, 0) is 15.1 Å². The van der Waals surface area contributed by atoms with Crippen molar-refractivity contribution in [3.8, 4) is 0 Å². The van der Waals surface area contributed by atoms with E-state index in [0.717, 1.165) is 18.4 Å². The zero-order chi connectivity index (χ0) is 14.8. The largest absolute Gasteiger partial charge is 0.467 e. The van der Waals surface area contributed by atoms with Crippen molar-refractivity contribution in [3.05, 3.63) is 34.9 Å². The molecule has 0 heterocycles. The van der Waals surface area contributed by atoms with Crippen molar-refractivity contribution in [2.24, 2.45) is 0 Å². The fourth-order valence-electron chi connectivity index (χ4n) is 3.00. The zero-order valence-corrected chi connectivity index (χ0v) is 13.0. The molecule has 1 N–H and O–H groups in total. The Morgan fingerprint density at radius 1 is 1.25 bits per heavy atom. The topological polar surface area (TPSA) is 38.3 Å². The van der Waals surface area contributed by atoms with Gasteiger partial charge in [-0.1, -0.05) is 31.0 Å². The van der Waals surface area contributed by atoms with E-state index >= 15 is 0 Å². The molecule has 0 spiro atoms. The molecule has 20 heavy (non-hydrogen) atoms. The zero-order valence-electron chi connectivity index (χ0n) is 13.0. The lowest BCUT2D eigenvalue weighted by Gasteiger charge is -2.32. The van der Waals surface area contributed by atoms with E-state index in [1.165, 1.54) is 31.1 Å². The Balaban J connectivity index is 2.34.